The van der Waals surface area contributed by atoms with E-state index in [2.05, 4.69) is 5.32 Å². The van der Waals surface area contributed by atoms with Crippen molar-refractivity contribution in [2.75, 3.05) is 0 Å². The lowest BCUT2D eigenvalue weighted by Gasteiger charge is -2.46. The molecule has 2 aliphatic heterocycles. The molecule has 2 N–H and O–H groups in total. The zero-order chi connectivity index (χ0) is 15.3. The molecule has 116 valence electrons. The van der Waals surface area contributed by atoms with E-state index in [4.69, 9.17) is 0 Å². The molecule has 21 heavy (non-hydrogen) atoms. The van der Waals surface area contributed by atoms with E-state index < -0.39 is 23.2 Å². The minimum absolute atomic E-state index is 0.00755. The monoisotopic (exact) mass is 303 g/mol. The molecular weight excluding hydrogens is 286 g/mol. The molecule has 0 spiro atoms. The molecule has 2 atom stereocenters. The van der Waals surface area contributed by atoms with Crippen LogP contribution < -0.4 is 5.32 Å². The predicted molar refractivity (Wildman–Crippen MR) is 69.1 cm³/mol. The SMILES string of the molecule is OC1(c2cc(F)ccc2C(F)(F)F)CC2CCCC(C1)N2. The van der Waals surface area contributed by atoms with Crippen LogP contribution >= 0.6 is 0 Å². The summed E-state index contributed by atoms with van der Waals surface area (Å²) in [5.74, 6) is -0.755. The lowest BCUT2D eigenvalue weighted by Crippen LogP contribution is -2.54. The summed E-state index contributed by atoms with van der Waals surface area (Å²) < 4.78 is 52.9. The topological polar surface area (TPSA) is 32.3 Å². The maximum Gasteiger partial charge on any atom is 0.416 e. The van der Waals surface area contributed by atoms with Crippen LogP contribution in [0.1, 0.15) is 43.2 Å². The van der Waals surface area contributed by atoms with Crippen molar-refractivity contribution in [1.82, 2.24) is 5.32 Å². The summed E-state index contributed by atoms with van der Waals surface area (Å²) in [6, 6.07) is 2.33. The average molecular weight is 303 g/mol. The Morgan fingerprint density at radius 3 is 2.33 bits per heavy atom. The molecule has 0 amide bonds. The highest BCUT2D eigenvalue weighted by Gasteiger charge is 2.46. The molecule has 2 unspecified atom stereocenters. The molecule has 2 bridgehead atoms. The van der Waals surface area contributed by atoms with Crippen molar-refractivity contribution in [3.05, 3.63) is 35.1 Å². The fourth-order valence-corrected chi connectivity index (χ4v) is 3.70. The van der Waals surface area contributed by atoms with Crippen molar-refractivity contribution >= 4 is 0 Å². The summed E-state index contributed by atoms with van der Waals surface area (Å²) in [5, 5.41) is 14.1. The number of fused-ring (bicyclic) bond motifs is 2. The first-order valence-corrected chi connectivity index (χ1v) is 7.14. The van der Waals surface area contributed by atoms with E-state index in [9.17, 15) is 22.7 Å². The molecule has 2 fully saturated rings. The summed E-state index contributed by atoms with van der Waals surface area (Å²) in [5.41, 5.74) is -2.88. The molecule has 1 aromatic carbocycles. The lowest BCUT2D eigenvalue weighted by atomic mass is 9.72. The highest BCUT2D eigenvalue weighted by Crippen LogP contribution is 2.44. The predicted octanol–water partition coefficient (Wildman–Crippen LogP) is 3.34. The Hall–Kier alpha value is -1.14. The summed E-state index contributed by atoms with van der Waals surface area (Å²) in [6.45, 7) is 0. The quantitative estimate of drug-likeness (QED) is 0.780. The fraction of sp³-hybridized carbons (Fsp3) is 0.600. The van der Waals surface area contributed by atoms with Crippen LogP contribution in [0, 0.1) is 5.82 Å². The first-order valence-electron chi connectivity index (χ1n) is 7.14. The first-order chi connectivity index (χ1) is 9.78. The zero-order valence-corrected chi connectivity index (χ0v) is 11.4. The van der Waals surface area contributed by atoms with Crippen LogP contribution in [0.4, 0.5) is 17.6 Å². The number of aliphatic hydroxyl groups is 1. The standard InChI is InChI=1S/C15H17F4NO/c16-9-4-5-12(15(17,18)19)13(6-9)14(21)7-10-2-1-3-11(8-14)20-10/h4-6,10-11,20-21H,1-3,7-8H2. The molecular formula is C15H17F4NO. The first kappa shape index (κ1) is 14.8. The van der Waals surface area contributed by atoms with Gasteiger partial charge in [-0.3, -0.25) is 0 Å². The van der Waals surface area contributed by atoms with Gasteiger partial charge < -0.3 is 10.4 Å². The highest BCUT2D eigenvalue weighted by molar-refractivity contribution is 5.36. The van der Waals surface area contributed by atoms with Gasteiger partial charge in [0.15, 0.2) is 0 Å². The van der Waals surface area contributed by atoms with Gasteiger partial charge in [0.2, 0.25) is 0 Å². The van der Waals surface area contributed by atoms with E-state index in [0.29, 0.717) is 0 Å². The van der Waals surface area contributed by atoms with Crippen molar-refractivity contribution in [3.8, 4) is 0 Å². The lowest BCUT2D eigenvalue weighted by molar-refractivity contribution is -0.142. The molecule has 2 nitrogen and oxygen atoms in total. The Morgan fingerprint density at radius 1 is 1.14 bits per heavy atom. The summed E-state index contributed by atoms with van der Waals surface area (Å²) in [4.78, 5) is 0. The van der Waals surface area contributed by atoms with Crippen LogP contribution in [0.15, 0.2) is 18.2 Å². The number of hydrogen-bond acceptors (Lipinski definition) is 2. The van der Waals surface area contributed by atoms with Gasteiger partial charge in [0.1, 0.15) is 5.82 Å². The summed E-state index contributed by atoms with van der Waals surface area (Å²) >= 11 is 0. The summed E-state index contributed by atoms with van der Waals surface area (Å²) in [7, 11) is 0. The van der Waals surface area contributed by atoms with Crippen LogP contribution in [0.3, 0.4) is 0 Å². The van der Waals surface area contributed by atoms with Crippen molar-refractivity contribution in [2.24, 2.45) is 0 Å². The number of rotatable bonds is 1. The van der Waals surface area contributed by atoms with E-state index in [-0.39, 0.29) is 30.5 Å². The normalized spacial score (nSPS) is 33.0. The molecule has 6 heteroatoms. The minimum atomic E-state index is -4.60. The fourth-order valence-electron chi connectivity index (χ4n) is 3.70. The van der Waals surface area contributed by atoms with Crippen molar-refractivity contribution in [2.45, 2.75) is 56.0 Å². The molecule has 2 aliphatic rings. The van der Waals surface area contributed by atoms with Gasteiger partial charge in [-0.05, 0) is 49.4 Å². The zero-order valence-electron chi connectivity index (χ0n) is 11.4. The summed E-state index contributed by atoms with van der Waals surface area (Å²) in [6.07, 6.45) is -1.55. The van der Waals surface area contributed by atoms with Gasteiger partial charge in [0, 0.05) is 12.1 Å². The molecule has 3 rings (SSSR count). The number of halogens is 4. The molecule has 0 saturated carbocycles. The second-order valence-corrected chi connectivity index (χ2v) is 6.12. The Morgan fingerprint density at radius 2 is 1.76 bits per heavy atom. The van der Waals surface area contributed by atoms with Gasteiger partial charge in [-0.15, -0.1) is 0 Å². The van der Waals surface area contributed by atoms with Crippen LogP contribution in [0.25, 0.3) is 0 Å². The van der Waals surface area contributed by atoms with Gasteiger partial charge in [-0.1, -0.05) is 6.42 Å². The van der Waals surface area contributed by atoms with Gasteiger partial charge in [0.25, 0.3) is 0 Å². The Balaban J connectivity index is 2.04. The van der Waals surface area contributed by atoms with Gasteiger partial charge in [-0.25, -0.2) is 4.39 Å². The number of piperidine rings is 2. The van der Waals surface area contributed by atoms with Crippen molar-refractivity contribution in [1.29, 1.82) is 0 Å². The third-order valence-corrected chi connectivity index (χ3v) is 4.53. The second kappa shape index (κ2) is 4.95. The van der Waals surface area contributed by atoms with E-state index in [1.54, 1.807) is 0 Å². The van der Waals surface area contributed by atoms with E-state index in [0.717, 1.165) is 37.5 Å². The maximum absolute atomic E-state index is 13.5. The molecule has 1 aromatic rings. The number of nitrogens with one attached hydrogen (secondary N) is 1. The maximum atomic E-state index is 13.5. The van der Waals surface area contributed by atoms with E-state index in [1.807, 2.05) is 0 Å². The van der Waals surface area contributed by atoms with Gasteiger partial charge >= 0.3 is 6.18 Å². The van der Waals surface area contributed by atoms with E-state index in [1.165, 1.54) is 0 Å². The Labute approximate surface area is 120 Å². The van der Waals surface area contributed by atoms with Gasteiger partial charge in [-0.2, -0.15) is 13.2 Å². The van der Waals surface area contributed by atoms with Crippen LogP contribution in [0.5, 0.6) is 0 Å². The number of alkyl halides is 3. The molecule has 0 radical (unpaired) electrons. The number of benzene rings is 1. The van der Waals surface area contributed by atoms with E-state index >= 15 is 0 Å². The second-order valence-electron chi connectivity index (χ2n) is 6.12. The van der Waals surface area contributed by atoms with Crippen LogP contribution in [-0.2, 0) is 11.8 Å². The molecule has 2 saturated heterocycles. The van der Waals surface area contributed by atoms with Crippen molar-refractivity contribution < 1.29 is 22.7 Å². The van der Waals surface area contributed by atoms with Crippen LogP contribution in [0.2, 0.25) is 0 Å². The van der Waals surface area contributed by atoms with Gasteiger partial charge in [0.05, 0.1) is 11.2 Å². The molecule has 0 aliphatic carbocycles. The third kappa shape index (κ3) is 2.79. The van der Waals surface area contributed by atoms with Crippen molar-refractivity contribution in [3.63, 3.8) is 0 Å². The highest BCUT2D eigenvalue weighted by atomic mass is 19.4. The minimum Gasteiger partial charge on any atom is -0.385 e. The Bertz CT molecular complexity index is 531. The molecule has 2 heterocycles. The van der Waals surface area contributed by atoms with Crippen LogP contribution in [-0.4, -0.2) is 17.2 Å². The number of hydrogen-bond donors (Lipinski definition) is 2. The Kier molecular flexibility index (Phi) is 3.48. The third-order valence-electron chi connectivity index (χ3n) is 4.53. The smallest absolute Gasteiger partial charge is 0.385 e. The largest absolute Gasteiger partial charge is 0.416 e. The molecule has 0 aromatic heterocycles. The average Bonchev–Trinajstić information content (AvgIpc) is 2.36.